The van der Waals surface area contributed by atoms with Crippen LogP contribution in [0, 0.1) is 5.41 Å². The van der Waals surface area contributed by atoms with Gasteiger partial charge in [0.1, 0.15) is 5.41 Å². The van der Waals surface area contributed by atoms with Crippen LogP contribution in [0.15, 0.2) is 21.1 Å². The number of carbonyl (C=O) groups excluding carboxylic acids is 1. The molecule has 0 radical (unpaired) electrons. The minimum Gasteiger partial charge on any atom is -0.409 e. The lowest BCUT2D eigenvalue weighted by Gasteiger charge is -2.30. The summed E-state index contributed by atoms with van der Waals surface area (Å²) in [5.41, 5.74) is 4.91. The Bertz CT molecular complexity index is 496. The van der Waals surface area contributed by atoms with E-state index in [9.17, 15) is 4.79 Å². The molecule has 0 saturated heterocycles. The molecule has 7 heteroatoms. The van der Waals surface area contributed by atoms with Crippen LogP contribution in [0.5, 0.6) is 0 Å². The van der Waals surface area contributed by atoms with Gasteiger partial charge in [0.2, 0.25) is 5.91 Å². The fourth-order valence-corrected chi connectivity index (χ4v) is 3.85. The molecule has 0 bridgehead atoms. The number of rotatable bonds is 8. The van der Waals surface area contributed by atoms with Gasteiger partial charge in [0.25, 0.3) is 0 Å². The van der Waals surface area contributed by atoms with Gasteiger partial charge in [0, 0.05) is 14.7 Å². The molecule has 0 atom stereocenters. The van der Waals surface area contributed by atoms with E-state index >= 15 is 0 Å². The van der Waals surface area contributed by atoms with Crippen LogP contribution in [0.25, 0.3) is 0 Å². The number of amides is 1. The Kier molecular flexibility index (Phi) is 7.17. The average molecular weight is 376 g/mol. The van der Waals surface area contributed by atoms with Gasteiger partial charge >= 0.3 is 0 Å². The Morgan fingerprint density at radius 2 is 2.10 bits per heavy atom. The first-order valence-corrected chi connectivity index (χ1v) is 8.66. The van der Waals surface area contributed by atoms with Gasteiger partial charge in [-0.3, -0.25) is 4.79 Å². The monoisotopic (exact) mass is 375 g/mol. The number of hydrogen-bond donors (Lipinski definition) is 3. The fraction of sp³-hybridized carbons (Fsp3) is 0.571. The molecule has 0 saturated carbocycles. The number of halogens is 1. The van der Waals surface area contributed by atoms with Crippen molar-refractivity contribution in [2.45, 2.75) is 46.1 Å². The molecule has 4 N–H and O–H groups in total. The minimum absolute atomic E-state index is 0.00365. The smallest absolute Gasteiger partial charge is 0.234 e. The van der Waals surface area contributed by atoms with Gasteiger partial charge in [-0.2, -0.15) is 0 Å². The Labute approximate surface area is 137 Å². The van der Waals surface area contributed by atoms with E-state index in [1.54, 1.807) is 11.3 Å². The maximum atomic E-state index is 12.6. The lowest BCUT2D eigenvalue weighted by molar-refractivity contribution is -0.128. The third-order valence-electron chi connectivity index (χ3n) is 3.43. The van der Waals surface area contributed by atoms with Crippen molar-refractivity contribution < 1.29 is 10.0 Å². The molecule has 1 aromatic heterocycles. The molecule has 0 unspecified atom stereocenters. The summed E-state index contributed by atoms with van der Waals surface area (Å²) in [5.74, 6) is -0.179. The molecule has 1 rings (SSSR count). The van der Waals surface area contributed by atoms with Crippen LogP contribution in [-0.2, 0) is 11.3 Å². The molecule has 0 fully saturated rings. The van der Waals surface area contributed by atoms with Crippen molar-refractivity contribution >= 4 is 39.0 Å². The fourth-order valence-electron chi connectivity index (χ4n) is 2.46. The van der Waals surface area contributed by atoms with Gasteiger partial charge in [-0.15, -0.1) is 11.3 Å². The number of nitrogens with two attached hydrogens (primary N) is 1. The largest absolute Gasteiger partial charge is 0.409 e. The van der Waals surface area contributed by atoms with Gasteiger partial charge in [0.05, 0.1) is 6.54 Å². The molecule has 1 amide bonds. The molecule has 5 nitrogen and oxygen atoms in total. The van der Waals surface area contributed by atoms with Crippen LogP contribution in [0.2, 0.25) is 0 Å². The van der Waals surface area contributed by atoms with Crippen molar-refractivity contribution in [1.82, 2.24) is 5.32 Å². The van der Waals surface area contributed by atoms with Crippen molar-refractivity contribution in [3.8, 4) is 0 Å². The van der Waals surface area contributed by atoms with E-state index in [1.807, 2.05) is 25.3 Å². The highest BCUT2D eigenvalue weighted by Crippen LogP contribution is 2.31. The summed E-state index contributed by atoms with van der Waals surface area (Å²) in [4.78, 5) is 13.7. The highest BCUT2D eigenvalue weighted by atomic mass is 79.9. The van der Waals surface area contributed by atoms with Crippen LogP contribution in [0.3, 0.4) is 0 Å². The van der Waals surface area contributed by atoms with E-state index in [4.69, 9.17) is 10.9 Å². The molecule has 118 valence electrons. The van der Waals surface area contributed by atoms with Gasteiger partial charge in [0.15, 0.2) is 5.84 Å². The number of oxime groups is 1. The molecule has 0 aliphatic carbocycles. The second kappa shape index (κ2) is 8.38. The quantitative estimate of drug-likeness (QED) is 0.281. The van der Waals surface area contributed by atoms with E-state index in [-0.39, 0.29) is 11.7 Å². The first-order valence-electron chi connectivity index (χ1n) is 6.99. The van der Waals surface area contributed by atoms with Crippen LogP contribution in [0.4, 0.5) is 0 Å². The third-order valence-corrected chi connectivity index (χ3v) is 5.13. The number of carbonyl (C=O) groups is 1. The average Bonchev–Trinajstić information content (AvgIpc) is 2.89. The second-order valence-electron chi connectivity index (χ2n) is 4.98. The maximum Gasteiger partial charge on any atom is 0.234 e. The van der Waals surface area contributed by atoms with Crippen molar-refractivity contribution in [3.63, 3.8) is 0 Å². The summed E-state index contributed by atoms with van der Waals surface area (Å²) in [5, 5.41) is 17.0. The Balaban J connectivity index is 2.88. The summed E-state index contributed by atoms with van der Waals surface area (Å²) in [6, 6.07) is 1.97. The SMILES string of the molecule is CCCC(CCC)(C(=O)NCc1cc(Br)cs1)C(N)=NO. The van der Waals surface area contributed by atoms with E-state index < -0.39 is 5.41 Å². The zero-order valence-electron chi connectivity index (χ0n) is 12.4. The summed E-state index contributed by atoms with van der Waals surface area (Å²) < 4.78 is 1.00. The van der Waals surface area contributed by atoms with Crippen molar-refractivity contribution in [2.24, 2.45) is 16.3 Å². The van der Waals surface area contributed by atoms with Crippen LogP contribution in [-0.4, -0.2) is 17.0 Å². The van der Waals surface area contributed by atoms with Crippen LogP contribution >= 0.6 is 27.3 Å². The normalized spacial score (nSPS) is 12.4. The van der Waals surface area contributed by atoms with Crippen molar-refractivity contribution in [3.05, 3.63) is 20.8 Å². The topological polar surface area (TPSA) is 87.7 Å². The molecule has 0 aromatic carbocycles. The lowest BCUT2D eigenvalue weighted by Crippen LogP contribution is -2.49. The summed E-state index contributed by atoms with van der Waals surface area (Å²) >= 11 is 4.96. The molecule has 0 aliphatic heterocycles. The first-order chi connectivity index (χ1) is 10.00. The minimum atomic E-state index is -0.924. The first kappa shape index (κ1) is 18.0. The van der Waals surface area contributed by atoms with Crippen molar-refractivity contribution in [1.29, 1.82) is 0 Å². The Morgan fingerprint density at radius 3 is 2.52 bits per heavy atom. The highest BCUT2D eigenvalue weighted by molar-refractivity contribution is 9.10. The van der Waals surface area contributed by atoms with E-state index in [0.717, 1.165) is 22.2 Å². The predicted octanol–water partition coefficient (Wildman–Crippen LogP) is 3.46. The number of thiophene rings is 1. The zero-order chi connectivity index (χ0) is 15.9. The van der Waals surface area contributed by atoms with Gasteiger partial charge < -0.3 is 16.3 Å². The molecule has 1 heterocycles. The second-order valence-corrected chi connectivity index (χ2v) is 6.89. The number of hydrogen-bond acceptors (Lipinski definition) is 4. The van der Waals surface area contributed by atoms with E-state index in [0.29, 0.717) is 19.4 Å². The highest BCUT2D eigenvalue weighted by Gasteiger charge is 2.41. The molecule has 0 spiro atoms. The van der Waals surface area contributed by atoms with Gasteiger partial charge in [-0.1, -0.05) is 31.8 Å². The maximum absolute atomic E-state index is 12.6. The Hall–Kier alpha value is -1.08. The van der Waals surface area contributed by atoms with E-state index in [2.05, 4.69) is 26.4 Å². The van der Waals surface area contributed by atoms with Crippen LogP contribution < -0.4 is 11.1 Å². The molecule has 0 aliphatic rings. The summed E-state index contributed by atoms with van der Waals surface area (Å²) in [6.07, 6.45) is 2.70. The summed E-state index contributed by atoms with van der Waals surface area (Å²) in [6.45, 7) is 4.42. The van der Waals surface area contributed by atoms with Gasteiger partial charge in [-0.25, -0.2) is 0 Å². The third kappa shape index (κ3) is 4.44. The van der Waals surface area contributed by atoms with E-state index in [1.165, 1.54) is 0 Å². The summed E-state index contributed by atoms with van der Waals surface area (Å²) in [7, 11) is 0. The molecular weight excluding hydrogens is 354 g/mol. The predicted molar refractivity (Wildman–Crippen MR) is 89.5 cm³/mol. The molecular formula is C14H22BrN3O2S. The molecule has 21 heavy (non-hydrogen) atoms. The molecule has 1 aromatic rings. The number of nitrogens with zero attached hydrogens (tertiary/aromatic N) is 1. The lowest BCUT2D eigenvalue weighted by atomic mass is 9.77. The van der Waals surface area contributed by atoms with Crippen molar-refractivity contribution in [2.75, 3.05) is 0 Å². The van der Waals surface area contributed by atoms with Crippen LogP contribution in [0.1, 0.15) is 44.4 Å². The number of amidine groups is 1. The van der Waals surface area contributed by atoms with Gasteiger partial charge in [-0.05, 0) is 34.8 Å². The standard InChI is InChI=1S/C14H22BrN3O2S/c1-3-5-14(6-4-2,12(16)18-20)13(19)17-8-11-7-10(15)9-21-11/h7,9,20H,3-6,8H2,1-2H3,(H2,16,18)(H,17,19). The number of nitrogens with one attached hydrogen (secondary N) is 1. The zero-order valence-corrected chi connectivity index (χ0v) is 14.8. The Morgan fingerprint density at radius 1 is 1.48 bits per heavy atom.